The van der Waals surface area contributed by atoms with Crippen molar-refractivity contribution in [3.8, 4) is 0 Å². The van der Waals surface area contributed by atoms with Crippen molar-refractivity contribution in [3.63, 3.8) is 0 Å². The number of nitrogens with one attached hydrogen (secondary N) is 1. The Kier molecular flexibility index (Phi) is 4.04. The molecule has 1 N–H and O–H groups in total. The molecule has 0 spiro atoms. The summed E-state index contributed by atoms with van der Waals surface area (Å²) in [5, 5.41) is 11.3. The van der Waals surface area contributed by atoms with Gasteiger partial charge in [0.2, 0.25) is 0 Å². The third kappa shape index (κ3) is 2.99. The molecule has 2 aromatic rings. The van der Waals surface area contributed by atoms with Gasteiger partial charge in [-0.1, -0.05) is 23.2 Å². The first-order valence-electron chi connectivity index (χ1n) is 6.75. The molecule has 1 heterocycles. The fourth-order valence-electron chi connectivity index (χ4n) is 2.42. The summed E-state index contributed by atoms with van der Waals surface area (Å²) < 4.78 is 0. The highest BCUT2D eigenvalue weighted by Gasteiger charge is 2.19. The molecule has 0 atom stereocenters. The van der Waals surface area contributed by atoms with E-state index in [0.29, 0.717) is 0 Å². The van der Waals surface area contributed by atoms with Crippen molar-refractivity contribution in [3.05, 3.63) is 58.1 Å². The predicted octanol–water partition coefficient (Wildman–Crippen LogP) is 4.65. The van der Waals surface area contributed by atoms with Crippen LogP contribution in [-0.2, 0) is 0 Å². The quantitative estimate of drug-likeness (QED) is 0.891. The molecule has 5 heteroatoms. The largest absolute Gasteiger partial charge is 0.388 e. The van der Waals surface area contributed by atoms with Crippen molar-refractivity contribution in [2.45, 2.75) is 6.42 Å². The third-order valence-corrected chi connectivity index (χ3v) is 3.98. The molecule has 0 unspecified atom stereocenters. The van der Waals surface area contributed by atoms with E-state index in [9.17, 15) is 0 Å². The molecule has 0 aliphatic carbocycles. The van der Waals surface area contributed by atoms with E-state index < -0.39 is 0 Å². The lowest BCUT2D eigenvalue weighted by atomic mass is 10.1. The third-order valence-electron chi connectivity index (χ3n) is 3.49. The summed E-state index contributed by atoms with van der Waals surface area (Å²) in [6, 6.07) is 13.5. The van der Waals surface area contributed by atoms with E-state index in [0.717, 1.165) is 45.7 Å². The molecule has 1 aliphatic heterocycles. The van der Waals surface area contributed by atoms with Crippen molar-refractivity contribution in [2.75, 3.05) is 23.9 Å². The fourth-order valence-corrected chi connectivity index (χ4v) is 2.72. The number of nitrogens with zero attached hydrogens (tertiary/aromatic N) is 2. The number of hydrazone groups is 1. The Morgan fingerprint density at radius 2 is 1.76 bits per heavy atom. The molecule has 1 aliphatic rings. The van der Waals surface area contributed by atoms with Crippen LogP contribution in [-0.4, -0.2) is 19.3 Å². The van der Waals surface area contributed by atoms with Gasteiger partial charge < -0.3 is 5.32 Å². The number of benzene rings is 2. The second-order valence-corrected chi connectivity index (χ2v) is 5.71. The Bertz CT molecular complexity index is 680. The Hall–Kier alpha value is -1.71. The first-order chi connectivity index (χ1) is 10.2. The summed E-state index contributed by atoms with van der Waals surface area (Å²) in [4.78, 5) is 0. The van der Waals surface area contributed by atoms with E-state index in [1.54, 1.807) is 0 Å². The lowest BCUT2D eigenvalue weighted by molar-refractivity contribution is 0.922. The van der Waals surface area contributed by atoms with Gasteiger partial charge in [-0.25, -0.2) is 0 Å². The monoisotopic (exact) mass is 319 g/mol. The average Bonchev–Trinajstić information content (AvgIpc) is 2.97. The van der Waals surface area contributed by atoms with Crippen LogP contribution in [0.3, 0.4) is 0 Å². The van der Waals surface area contributed by atoms with Crippen molar-refractivity contribution >= 4 is 40.3 Å². The van der Waals surface area contributed by atoms with E-state index in [4.69, 9.17) is 28.3 Å². The molecule has 3 rings (SSSR count). The van der Waals surface area contributed by atoms with Gasteiger partial charge in [-0.05, 0) is 42.5 Å². The van der Waals surface area contributed by atoms with Crippen LogP contribution in [0.1, 0.15) is 12.0 Å². The Morgan fingerprint density at radius 1 is 1.05 bits per heavy atom. The van der Waals surface area contributed by atoms with Gasteiger partial charge in [0.15, 0.2) is 0 Å². The van der Waals surface area contributed by atoms with Crippen LogP contribution >= 0.6 is 23.2 Å². The Morgan fingerprint density at radius 3 is 2.48 bits per heavy atom. The van der Waals surface area contributed by atoms with Crippen molar-refractivity contribution in [1.82, 2.24) is 0 Å². The highest BCUT2D eigenvalue weighted by Crippen LogP contribution is 2.27. The lowest BCUT2D eigenvalue weighted by Gasteiger charge is -2.13. The number of hydrogen-bond donors (Lipinski definition) is 1. The molecule has 0 bridgehead atoms. The molecule has 2 aromatic carbocycles. The highest BCUT2D eigenvalue weighted by atomic mass is 35.5. The first-order valence-corrected chi connectivity index (χ1v) is 7.51. The van der Waals surface area contributed by atoms with Crippen LogP contribution in [0.25, 0.3) is 0 Å². The minimum Gasteiger partial charge on any atom is -0.388 e. The zero-order valence-electron chi connectivity index (χ0n) is 11.6. The van der Waals surface area contributed by atoms with Crippen molar-refractivity contribution < 1.29 is 0 Å². The predicted molar refractivity (Wildman–Crippen MR) is 91.0 cm³/mol. The maximum absolute atomic E-state index is 6.11. The van der Waals surface area contributed by atoms with Gasteiger partial charge in [0.05, 0.1) is 11.4 Å². The molecule has 0 saturated carbocycles. The van der Waals surface area contributed by atoms with Gasteiger partial charge in [-0.3, -0.25) is 5.01 Å². The Balaban J connectivity index is 1.92. The van der Waals surface area contributed by atoms with Crippen molar-refractivity contribution in [1.29, 1.82) is 0 Å². The van der Waals surface area contributed by atoms with Crippen molar-refractivity contribution in [2.24, 2.45) is 5.10 Å². The summed E-state index contributed by atoms with van der Waals surface area (Å²) in [6.07, 6.45) is 0.887. The fraction of sp³-hybridized carbons (Fsp3) is 0.188. The SMILES string of the molecule is CNc1ccc(Cl)cc1C1=NN(c2ccc(Cl)cc2)CC1. The highest BCUT2D eigenvalue weighted by molar-refractivity contribution is 6.31. The van der Waals surface area contributed by atoms with Crippen LogP contribution < -0.4 is 10.3 Å². The zero-order valence-corrected chi connectivity index (χ0v) is 13.1. The topological polar surface area (TPSA) is 27.6 Å². The molecule has 0 saturated heterocycles. The minimum absolute atomic E-state index is 0.719. The number of rotatable bonds is 3. The van der Waals surface area contributed by atoms with Crippen LogP contribution in [0.2, 0.25) is 10.0 Å². The van der Waals surface area contributed by atoms with Crippen LogP contribution in [0.4, 0.5) is 11.4 Å². The van der Waals surface area contributed by atoms with Gasteiger partial charge in [0.25, 0.3) is 0 Å². The summed E-state index contributed by atoms with van der Waals surface area (Å²) in [6.45, 7) is 0.854. The zero-order chi connectivity index (χ0) is 14.8. The number of anilines is 2. The van der Waals surface area contributed by atoms with E-state index >= 15 is 0 Å². The normalized spacial score (nSPS) is 14.2. The maximum Gasteiger partial charge on any atom is 0.0721 e. The van der Waals surface area contributed by atoms with E-state index in [1.807, 2.05) is 54.5 Å². The van der Waals surface area contributed by atoms with Gasteiger partial charge >= 0.3 is 0 Å². The molecular weight excluding hydrogens is 305 g/mol. The van der Waals surface area contributed by atoms with Gasteiger partial charge in [-0.15, -0.1) is 0 Å². The first kappa shape index (κ1) is 14.2. The van der Waals surface area contributed by atoms with Crippen LogP contribution in [0.15, 0.2) is 47.6 Å². The van der Waals surface area contributed by atoms with Crippen LogP contribution in [0, 0.1) is 0 Å². The van der Waals surface area contributed by atoms with E-state index in [-0.39, 0.29) is 0 Å². The molecule has 108 valence electrons. The summed E-state index contributed by atoms with van der Waals surface area (Å²) in [7, 11) is 1.90. The number of halogens is 2. The molecule has 0 amide bonds. The second-order valence-electron chi connectivity index (χ2n) is 4.84. The smallest absolute Gasteiger partial charge is 0.0721 e. The van der Waals surface area contributed by atoms with E-state index in [1.165, 1.54) is 0 Å². The summed E-state index contributed by atoms with van der Waals surface area (Å²) in [5.41, 5.74) is 4.18. The summed E-state index contributed by atoms with van der Waals surface area (Å²) in [5.74, 6) is 0. The lowest BCUT2D eigenvalue weighted by Crippen LogP contribution is -2.11. The van der Waals surface area contributed by atoms with Gasteiger partial charge in [0, 0.05) is 41.3 Å². The molecule has 3 nitrogen and oxygen atoms in total. The maximum atomic E-state index is 6.11. The van der Waals surface area contributed by atoms with Gasteiger partial charge in [0.1, 0.15) is 0 Å². The summed E-state index contributed by atoms with van der Waals surface area (Å²) >= 11 is 12.0. The minimum atomic E-state index is 0.719. The standard InChI is InChI=1S/C16H15Cl2N3/c1-19-15-7-4-12(18)10-14(15)16-8-9-21(20-16)13-5-2-11(17)3-6-13/h2-7,10,19H,8-9H2,1H3. The molecule has 21 heavy (non-hydrogen) atoms. The molecular formula is C16H15Cl2N3. The molecule has 0 radical (unpaired) electrons. The van der Waals surface area contributed by atoms with E-state index in [2.05, 4.69) is 5.32 Å². The second kappa shape index (κ2) is 5.96. The average molecular weight is 320 g/mol. The molecule has 0 fully saturated rings. The Labute approximate surface area is 134 Å². The van der Waals surface area contributed by atoms with Gasteiger partial charge in [-0.2, -0.15) is 5.10 Å². The van der Waals surface area contributed by atoms with Crippen LogP contribution in [0.5, 0.6) is 0 Å². The molecule has 0 aromatic heterocycles. The number of hydrogen-bond acceptors (Lipinski definition) is 3.